The van der Waals surface area contributed by atoms with Gasteiger partial charge in [0.15, 0.2) is 0 Å². The molecule has 17 heavy (non-hydrogen) atoms. The first kappa shape index (κ1) is 14.9. The Labute approximate surface area is 106 Å². The second kappa shape index (κ2) is 6.17. The van der Waals surface area contributed by atoms with Crippen LogP contribution in [0.5, 0.6) is 0 Å². The predicted molar refractivity (Wildman–Crippen MR) is 71.3 cm³/mol. The summed E-state index contributed by atoms with van der Waals surface area (Å²) in [4.78, 5) is 0. The van der Waals surface area contributed by atoms with Gasteiger partial charge in [-0.05, 0) is 39.2 Å². The third-order valence-corrected chi connectivity index (χ3v) is 3.55. The summed E-state index contributed by atoms with van der Waals surface area (Å²) in [6.45, 7) is 11.8. The molecular weight excluding hydrogens is 214 g/mol. The number of hydrogen-bond acceptors (Lipinski definition) is 3. The molecule has 0 saturated carbocycles. The minimum absolute atomic E-state index is 0.233. The molecule has 1 fully saturated rings. The average molecular weight is 243 g/mol. The molecule has 3 heteroatoms. The van der Waals surface area contributed by atoms with E-state index in [4.69, 9.17) is 9.47 Å². The molecule has 0 radical (unpaired) electrons. The molecule has 1 saturated heterocycles. The summed E-state index contributed by atoms with van der Waals surface area (Å²) >= 11 is 0. The molecular formula is C14H29NO2. The van der Waals surface area contributed by atoms with Gasteiger partial charge in [-0.2, -0.15) is 0 Å². The first-order valence-corrected chi connectivity index (χ1v) is 6.77. The van der Waals surface area contributed by atoms with Crippen molar-refractivity contribution in [3.63, 3.8) is 0 Å². The number of ether oxygens (including phenoxy) is 2. The zero-order valence-electron chi connectivity index (χ0n) is 12.2. The van der Waals surface area contributed by atoms with E-state index in [1.807, 2.05) is 7.05 Å². The van der Waals surface area contributed by atoms with Crippen molar-refractivity contribution in [3.05, 3.63) is 0 Å². The van der Waals surface area contributed by atoms with Crippen molar-refractivity contribution < 1.29 is 9.47 Å². The molecule has 3 nitrogen and oxygen atoms in total. The third-order valence-electron chi connectivity index (χ3n) is 3.55. The number of rotatable bonds is 4. The highest BCUT2D eigenvalue weighted by molar-refractivity contribution is 4.80. The smallest absolute Gasteiger partial charge is 0.0628 e. The van der Waals surface area contributed by atoms with Crippen LogP contribution in [-0.4, -0.2) is 38.0 Å². The van der Waals surface area contributed by atoms with Gasteiger partial charge in [-0.3, -0.25) is 0 Å². The van der Waals surface area contributed by atoms with Crippen molar-refractivity contribution >= 4 is 0 Å². The zero-order valence-corrected chi connectivity index (χ0v) is 12.2. The maximum Gasteiger partial charge on any atom is 0.0628 e. The Morgan fingerprint density at radius 2 is 1.76 bits per heavy atom. The lowest BCUT2D eigenvalue weighted by molar-refractivity contribution is -0.107. The summed E-state index contributed by atoms with van der Waals surface area (Å²) in [5, 5.41) is 3.35. The number of hydrogen-bond donors (Lipinski definition) is 1. The summed E-state index contributed by atoms with van der Waals surface area (Å²) in [6.07, 6.45) is 3.04. The van der Waals surface area contributed by atoms with Crippen molar-refractivity contribution in [1.29, 1.82) is 0 Å². The van der Waals surface area contributed by atoms with Gasteiger partial charge < -0.3 is 14.8 Å². The summed E-state index contributed by atoms with van der Waals surface area (Å²) < 4.78 is 11.8. The Morgan fingerprint density at radius 3 is 2.18 bits per heavy atom. The fourth-order valence-electron chi connectivity index (χ4n) is 2.48. The largest absolute Gasteiger partial charge is 0.376 e. The van der Waals surface area contributed by atoms with E-state index in [9.17, 15) is 0 Å². The van der Waals surface area contributed by atoms with E-state index in [-0.39, 0.29) is 5.41 Å². The van der Waals surface area contributed by atoms with Crippen LogP contribution in [0, 0.1) is 5.41 Å². The van der Waals surface area contributed by atoms with E-state index in [2.05, 4.69) is 39.9 Å². The van der Waals surface area contributed by atoms with Crippen LogP contribution in [0.25, 0.3) is 0 Å². The molecule has 3 unspecified atom stereocenters. The number of nitrogens with one attached hydrogen (secondary N) is 1. The SMILES string of the molecule is CNC(COC1CC(C)OC(C)C1)C(C)(C)C. The molecule has 0 spiro atoms. The van der Waals surface area contributed by atoms with Crippen molar-refractivity contribution in [1.82, 2.24) is 5.32 Å². The van der Waals surface area contributed by atoms with Gasteiger partial charge in [-0.1, -0.05) is 20.8 Å². The Morgan fingerprint density at radius 1 is 1.24 bits per heavy atom. The van der Waals surface area contributed by atoms with Crippen LogP contribution in [0.3, 0.4) is 0 Å². The molecule has 1 N–H and O–H groups in total. The van der Waals surface area contributed by atoms with Crippen LogP contribution >= 0.6 is 0 Å². The lowest BCUT2D eigenvalue weighted by Crippen LogP contribution is -2.44. The summed E-state index contributed by atoms with van der Waals surface area (Å²) in [5.74, 6) is 0. The first-order chi connectivity index (χ1) is 7.82. The molecule has 0 bridgehead atoms. The van der Waals surface area contributed by atoms with E-state index < -0.39 is 0 Å². The van der Waals surface area contributed by atoms with Gasteiger partial charge >= 0.3 is 0 Å². The molecule has 0 amide bonds. The summed E-state index contributed by atoms with van der Waals surface area (Å²) in [5.41, 5.74) is 0.233. The molecule has 1 heterocycles. The van der Waals surface area contributed by atoms with Crippen molar-refractivity contribution in [2.45, 2.75) is 71.8 Å². The van der Waals surface area contributed by atoms with E-state index in [0.717, 1.165) is 19.4 Å². The van der Waals surface area contributed by atoms with Gasteiger partial charge in [0, 0.05) is 6.04 Å². The summed E-state index contributed by atoms with van der Waals surface area (Å²) in [6, 6.07) is 0.399. The van der Waals surface area contributed by atoms with Gasteiger partial charge in [-0.25, -0.2) is 0 Å². The maximum absolute atomic E-state index is 6.06. The second-order valence-corrected chi connectivity index (χ2v) is 6.39. The van der Waals surface area contributed by atoms with Crippen LogP contribution in [0.2, 0.25) is 0 Å². The Kier molecular flexibility index (Phi) is 5.42. The summed E-state index contributed by atoms with van der Waals surface area (Å²) in [7, 11) is 2.01. The quantitative estimate of drug-likeness (QED) is 0.823. The zero-order chi connectivity index (χ0) is 13.1. The second-order valence-electron chi connectivity index (χ2n) is 6.39. The van der Waals surface area contributed by atoms with Gasteiger partial charge in [0.1, 0.15) is 0 Å². The van der Waals surface area contributed by atoms with Crippen molar-refractivity contribution in [2.75, 3.05) is 13.7 Å². The predicted octanol–water partition coefficient (Wildman–Crippen LogP) is 2.59. The molecule has 1 aliphatic heterocycles. The molecule has 1 aliphatic rings. The lowest BCUT2D eigenvalue weighted by Gasteiger charge is -2.35. The monoisotopic (exact) mass is 243 g/mol. The molecule has 1 rings (SSSR count). The normalized spacial score (nSPS) is 32.5. The van der Waals surface area contributed by atoms with Crippen LogP contribution in [0.15, 0.2) is 0 Å². The molecule has 3 atom stereocenters. The highest BCUT2D eigenvalue weighted by Gasteiger charge is 2.28. The average Bonchev–Trinajstić information content (AvgIpc) is 2.14. The number of likely N-dealkylation sites (N-methyl/N-ethyl adjacent to an activating group) is 1. The topological polar surface area (TPSA) is 30.5 Å². The third kappa shape index (κ3) is 4.94. The van der Waals surface area contributed by atoms with E-state index in [1.54, 1.807) is 0 Å². The van der Waals surface area contributed by atoms with E-state index in [0.29, 0.717) is 24.4 Å². The van der Waals surface area contributed by atoms with Crippen LogP contribution in [-0.2, 0) is 9.47 Å². The van der Waals surface area contributed by atoms with Crippen LogP contribution in [0.4, 0.5) is 0 Å². The molecule has 0 aliphatic carbocycles. The van der Waals surface area contributed by atoms with Crippen LogP contribution in [0.1, 0.15) is 47.5 Å². The fourth-order valence-corrected chi connectivity index (χ4v) is 2.48. The van der Waals surface area contributed by atoms with Crippen LogP contribution < -0.4 is 5.32 Å². The minimum atomic E-state index is 0.233. The molecule has 0 aromatic heterocycles. The van der Waals surface area contributed by atoms with Gasteiger partial charge in [-0.15, -0.1) is 0 Å². The highest BCUT2D eigenvalue weighted by Crippen LogP contribution is 2.24. The molecule has 0 aromatic carbocycles. The molecule has 0 aromatic rings. The Hall–Kier alpha value is -0.120. The van der Waals surface area contributed by atoms with Crippen molar-refractivity contribution in [3.8, 4) is 0 Å². The highest BCUT2D eigenvalue weighted by atomic mass is 16.5. The van der Waals surface area contributed by atoms with Crippen molar-refractivity contribution in [2.24, 2.45) is 5.41 Å². The standard InChI is InChI=1S/C14H29NO2/c1-10-7-12(8-11(2)17-10)16-9-13(15-6)14(3,4)5/h10-13,15H,7-9H2,1-6H3. The molecule has 102 valence electrons. The fraction of sp³-hybridized carbons (Fsp3) is 1.00. The van der Waals surface area contributed by atoms with E-state index in [1.165, 1.54) is 0 Å². The maximum atomic E-state index is 6.06. The lowest BCUT2D eigenvalue weighted by atomic mass is 9.87. The minimum Gasteiger partial charge on any atom is -0.376 e. The van der Waals surface area contributed by atoms with Gasteiger partial charge in [0.2, 0.25) is 0 Å². The first-order valence-electron chi connectivity index (χ1n) is 6.77. The van der Waals surface area contributed by atoms with Gasteiger partial charge in [0.05, 0.1) is 24.9 Å². The van der Waals surface area contributed by atoms with E-state index >= 15 is 0 Å². The van der Waals surface area contributed by atoms with Gasteiger partial charge in [0.25, 0.3) is 0 Å². The Balaban J connectivity index is 2.39. The Bertz CT molecular complexity index is 215.